The molecule has 0 amide bonds. The normalized spacial score (nSPS) is 13.9. The van der Waals surface area contributed by atoms with Gasteiger partial charge in [0.15, 0.2) is 6.10 Å². The van der Waals surface area contributed by atoms with Crippen LogP contribution in [0.2, 0.25) is 0 Å². The van der Waals surface area contributed by atoms with E-state index in [0.29, 0.717) is 17.1 Å². The smallest absolute Gasteiger partial charge is 0.457 e. The van der Waals surface area contributed by atoms with Gasteiger partial charge in [0.2, 0.25) is 0 Å². The minimum absolute atomic E-state index is 0.125. The van der Waals surface area contributed by atoms with Crippen molar-refractivity contribution in [2.24, 2.45) is 0 Å². The van der Waals surface area contributed by atoms with Crippen molar-refractivity contribution in [3.63, 3.8) is 0 Å². The molecule has 0 aliphatic carbocycles. The zero-order valence-electron chi connectivity index (χ0n) is 19.7. The van der Waals surface area contributed by atoms with E-state index in [1.807, 2.05) is 19.9 Å². The van der Waals surface area contributed by atoms with E-state index in [1.165, 1.54) is 18.2 Å². The molecule has 200 valence electrons. The van der Waals surface area contributed by atoms with Gasteiger partial charge in [-0.3, -0.25) is 0 Å². The third-order valence-electron chi connectivity index (χ3n) is 5.21. The zero-order chi connectivity index (χ0) is 27.4. The maximum Gasteiger partial charge on any atom is 0.461 e. The van der Waals surface area contributed by atoms with Crippen molar-refractivity contribution < 1.29 is 45.3 Å². The summed E-state index contributed by atoms with van der Waals surface area (Å²) in [6.45, 7) is 2.83. The summed E-state index contributed by atoms with van der Waals surface area (Å²) < 4.78 is 101. The number of ether oxygens (including phenoxy) is 2. The maximum atomic E-state index is 13.4. The Morgan fingerprint density at radius 1 is 0.784 bits per heavy atom. The lowest BCUT2D eigenvalue weighted by Crippen LogP contribution is -2.40. The molecule has 0 aliphatic heterocycles. The van der Waals surface area contributed by atoms with Crippen LogP contribution in [0.1, 0.15) is 28.3 Å². The molecule has 3 aromatic carbocycles. The van der Waals surface area contributed by atoms with Crippen molar-refractivity contribution >= 4 is 0 Å². The zero-order valence-corrected chi connectivity index (χ0v) is 19.7. The van der Waals surface area contributed by atoms with Gasteiger partial charge in [0.05, 0.1) is 6.04 Å². The highest BCUT2D eigenvalue weighted by atomic mass is 19.4. The Kier molecular flexibility index (Phi) is 8.70. The Bertz CT molecular complexity index is 1180. The number of hydrogen-bond donors (Lipinski definition) is 2. The fraction of sp³-hybridized carbons (Fsp3) is 0.308. The number of alkyl halides is 7. The molecular weight excluding hydrogens is 507 g/mol. The lowest BCUT2D eigenvalue weighted by Gasteiger charge is -2.24. The molecule has 11 heteroatoms. The Balaban J connectivity index is 1.95. The molecule has 0 aliphatic rings. The van der Waals surface area contributed by atoms with Crippen LogP contribution >= 0.6 is 0 Å². The molecule has 2 unspecified atom stereocenters. The second-order valence-corrected chi connectivity index (χ2v) is 8.43. The predicted octanol–water partition coefficient (Wildman–Crippen LogP) is 6.93. The van der Waals surface area contributed by atoms with Crippen LogP contribution < -0.4 is 14.8 Å². The fourth-order valence-electron chi connectivity index (χ4n) is 3.62. The van der Waals surface area contributed by atoms with E-state index in [-0.39, 0.29) is 5.56 Å². The van der Waals surface area contributed by atoms with Gasteiger partial charge < -0.3 is 19.9 Å². The van der Waals surface area contributed by atoms with E-state index < -0.39 is 43.2 Å². The summed E-state index contributed by atoms with van der Waals surface area (Å²) in [5.74, 6) is 0.243. The lowest BCUT2D eigenvalue weighted by atomic mass is 9.98. The molecule has 4 nitrogen and oxygen atoms in total. The molecule has 3 aromatic rings. The first-order chi connectivity index (χ1) is 17.2. The van der Waals surface area contributed by atoms with Crippen LogP contribution in [-0.2, 0) is 0 Å². The Labute approximate surface area is 208 Å². The van der Waals surface area contributed by atoms with Crippen LogP contribution in [0.3, 0.4) is 0 Å². The molecule has 0 aromatic heterocycles. The van der Waals surface area contributed by atoms with Crippen LogP contribution in [-0.4, -0.2) is 36.5 Å². The van der Waals surface area contributed by atoms with Gasteiger partial charge >= 0.3 is 18.7 Å². The van der Waals surface area contributed by atoms with Crippen molar-refractivity contribution in [2.75, 3.05) is 6.54 Å². The molecule has 0 saturated carbocycles. The van der Waals surface area contributed by atoms with Gasteiger partial charge in [0.1, 0.15) is 17.2 Å². The molecule has 3 rings (SSSR count). The highest BCUT2D eigenvalue weighted by Gasteiger charge is 2.44. The molecule has 2 N–H and O–H groups in total. The minimum Gasteiger partial charge on any atom is -0.457 e. The molecule has 37 heavy (non-hydrogen) atoms. The standard InChI is InChI=1S/C26H24F7NO3/c1-15-9-16(2)11-21(10-15)36-19-7-3-5-17(12-19)23(34-14-22(35)25(29,30)31)18-6-4-8-20(13-18)37-26(32,33)24(27)28/h3-13,22-24,34-35H,14H2,1-2H3. The lowest BCUT2D eigenvalue weighted by molar-refractivity contribution is -0.253. The fourth-order valence-corrected chi connectivity index (χ4v) is 3.62. The third kappa shape index (κ3) is 7.83. The Hall–Kier alpha value is -3.31. The molecule has 0 radical (unpaired) electrons. The molecule has 0 saturated heterocycles. The summed E-state index contributed by atoms with van der Waals surface area (Å²) in [7, 11) is 0. The van der Waals surface area contributed by atoms with Crippen LogP contribution in [0, 0.1) is 13.8 Å². The largest absolute Gasteiger partial charge is 0.461 e. The molecular formula is C26H24F7NO3. The van der Waals surface area contributed by atoms with Crippen molar-refractivity contribution in [1.82, 2.24) is 5.32 Å². The minimum atomic E-state index is -4.91. The van der Waals surface area contributed by atoms with E-state index >= 15 is 0 Å². The molecule has 2 atom stereocenters. The van der Waals surface area contributed by atoms with Gasteiger partial charge in [-0.15, -0.1) is 0 Å². The first-order valence-electron chi connectivity index (χ1n) is 11.0. The molecule has 0 bridgehead atoms. The number of aliphatic hydroxyl groups is 1. The number of rotatable bonds is 10. The number of halogens is 7. The van der Waals surface area contributed by atoms with Gasteiger partial charge in [-0.2, -0.15) is 30.7 Å². The summed E-state index contributed by atoms with van der Waals surface area (Å²) >= 11 is 0. The number of nitrogens with one attached hydrogen (secondary N) is 1. The van der Waals surface area contributed by atoms with Gasteiger partial charge in [-0.05, 0) is 72.5 Å². The maximum absolute atomic E-state index is 13.4. The van der Waals surface area contributed by atoms with Gasteiger partial charge in [0.25, 0.3) is 0 Å². The Morgan fingerprint density at radius 2 is 1.32 bits per heavy atom. The van der Waals surface area contributed by atoms with E-state index in [2.05, 4.69) is 10.1 Å². The first kappa shape index (κ1) is 28.3. The van der Waals surface area contributed by atoms with Gasteiger partial charge in [-0.25, -0.2) is 0 Å². The topological polar surface area (TPSA) is 50.7 Å². The van der Waals surface area contributed by atoms with Gasteiger partial charge in [-0.1, -0.05) is 30.3 Å². The molecule has 0 heterocycles. The van der Waals surface area contributed by atoms with E-state index in [4.69, 9.17) is 4.74 Å². The average Bonchev–Trinajstić information content (AvgIpc) is 2.78. The van der Waals surface area contributed by atoms with Crippen molar-refractivity contribution in [1.29, 1.82) is 0 Å². The average molecular weight is 531 g/mol. The van der Waals surface area contributed by atoms with Crippen LogP contribution in [0.25, 0.3) is 0 Å². The summed E-state index contributed by atoms with van der Waals surface area (Å²) in [5.41, 5.74) is 2.38. The number of aliphatic hydroxyl groups excluding tert-OH is 1. The predicted molar refractivity (Wildman–Crippen MR) is 122 cm³/mol. The quantitative estimate of drug-likeness (QED) is 0.279. The monoisotopic (exact) mass is 531 g/mol. The van der Waals surface area contributed by atoms with Crippen molar-refractivity contribution in [2.45, 2.75) is 44.7 Å². The van der Waals surface area contributed by atoms with Crippen molar-refractivity contribution in [3.8, 4) is 17.2 Å². The highest BCUT2D eigenvalue weighted by Crippen LogP contribution is 2.33. The Morgan fingerprint density at radius 3 is 1.86 bits per heavy atom. The summed E-state index contributed by atoms with van der Waals surface area (Å²) in [5, 5.41) is 12.0. The second-order valence-electron chi connectivity index (χ2n) is 8.43. The van der Waals surface area contributed by atoms with Crippen LogP contribution in [0.15, 0.2) is 66.7 Å². The first-order valence-corrected chi connectivity index (χ1v) is 11.0. The number of aryl methyl sites for hydroxylation is 2. The van der Waals surface area contributed by atoms with Crippen LogP contribution in [0.4, 0.5) is 30.7 Å². The molecule has 0 spiro atoms. The number of benzene rings is 3. The van der Waals surface area contributed by atoms with E-state index in [9.17, 15) is 35.8 Å². The van der Waals surface area contributed by atoms with Crippen LogP contribution in [0.5, 0.6) is 17.2 Å². The van der Waals surface area contributed by atoms with Gasteiger partial charge in [0, 0.05) is 6.54 Å². The summed E-state index contributed by atoms with van der Waals surface area (Å²) in [6.07, 6.45) is -16.5. The van der Waals surface area contributed by atoms with E-state index in [0.717, 1.165) is 23.3 Å². The SMILES string of the molecule is Cc1cc(C)cc(Oc2cccc(C(NCC(O)C(F)(F)F)c3cccc(OC(F)(F)C(F)F)c3)c2)c1. The number of hydrogen-bond acceptors (Lipinski definition) is 4. The molecule has 0 fully saturated rings. The summed E-state index contributed by atoms with van der Waals surface area (Å²) in [6, 6.07) is 15.4. The van der Waals surface area contributed by atoms with Crippen molar-refractivity contribution in [3.05, 3.63) is 89.0 Å². The second kappa shape index (κ2) is 11.4. The van der Waals surface area contributed by atoms with E-state index in [1.54, 1.807) is 30.3 Å². The summed E-state index contributed by atoms with van der Waals surface area (Å²) in [4.78, 5) is 0. The third-order valence-corrected chi connectivity index (χ3v) is 5.21. The highest BCUT2D eigenvalue weighted by molar-refractivity contribution is 5.42.